The van der Waals surface area contributed by atoms with E-state index in [-0.39, 0.29) is 0 Å². The molecule has 0 bridgehead atoms. The zero-order valence-electron chi connectivity index (χ0n) is 9.57. The number of hydrogen-bond donors (Lipinski definition) is 1. The summed E-state index contributed by atoms with van der Waals surface area (Å²) in [6.45, 7) is 0. The highest BCUT2D eigenvalue weighted by atomic mass is 79.9. The van der Waals surface area contributed by atoms with Crippen molar-refractivity contribution in [3.8, 4) is 0 Å². The summed E-state index contributed by atoms with van der Waals surface area (Å²) in [5.74, 6) is -0.920. The van der Waals surface area contributed by atoms with Crippen molar-refractivity contribution < 1.29 is 14.4 Å². The van der Waals surface area contributed by atoms with Crippen LogP contribution in [0.25, 0.3) is 0 Å². The SMILES string of the molecule is O=C1NC(=O)C2(CC2)C(=O)N1c1ccc(Br)cc1Br. The monoisotopic (exact) mass is 386 g/mol. The number of anilines is 1. The maximum Gasteiger partial charge on any atom is 0.335 e. The van der Waals surface area contributed by atoms with E-state index in [4.69, 9.17) is 0 Å². The first kappa shape index (κ1) is 12.8. The number of nitrogens with zero attached hydrogens (tertiary/aromatic N) is 1. The first-order valence-corrected chi connectivity index (χ1v) is 7.19. The van der Waals surface area contributed by atoms with Gasteiger partial charge in [0, 0.05) is 8.95 Å². The summed E-state index contributed by atoms with van der Waals surface area (Å²) in [6, 6.07) is 4.43. The number of carbonyl (C=O) groups excluding carboxylic acids is 3. The average molecular weight is 388 g/mol. The quantitative estimate of drug-likeness (QED) is 0.753. The molecule has 1 aliphatic heterocycles. The number of halogens is 2. The standard InChI is InChI=1S/C12H8Br2N2O3/c13-6-1-2-8(7(14)5-6)16-10(18)12(3-4-12)9(17)15-11(16)19/h1-2,5H,3-4H2,(H,15,17,19). The molecular formula is C12H8Br2N2O3. The molecule has 0 radical (unpaired) electrons. The largest absolute Gasteiger partial charge is 0.335 e. The molecule has 0 unspecified atom stereocenters. The Kier molecular flexibility index (Phi) is 2.79. The summed E-state index contributed by atoms with van der Waals surface area (Å²) in [4.78, 5) is 37.0. The third-order valence-corrected chi connectivity index (χ3v) is 4.50. The highest BCUT2D eigenvalue weighted by Crippen LogP contribution is 2.50. The van der Waals surface area contributed by atoms with Gasteiger partial charge in [-0.15, -0.1) is 0 Å². The Morgan fingerprint density at radius 1 is 1.16 bits per heavy atom. The minimum absolute atomic E-state index is 0.435. The number of benzene rings is 1. The highest BCUT2D eigenvalue weighted by molar-refractivity contribution is 9.11. The molecule has 0 aromatic heterocycles. The maximum atomic E-state index is 12.4. The van der Waals surface area contributed by atoms with Crippen LogP contribution < -0.4 is 10.2 Å². The van der Waals surface area contributed by atoms with Crippen molar-refractivity contribution in [2.24, 2.45) is 5.41 Å². The summed E-state index contributed by atoms with van der Waals surface area (Å²) in [5, 5.41) is 2.25. The van der Waals surface area contributed by atoms with E-state index in [2.05, 4.69) is 37.2 Å². The van der Waals surface area contributed by atoms with E-state index in [9.17, 15) is 14.4 Å². The fourth-order valence-corrected chi connectivity index (χ4v) is 3.35. The van der Waals surface area contributed by atoms with E-state index in [1.165, 1.54) is 0 Å². The Balaban J connectivity index is 2.06. The lowest BCUT2D eigenvalue weighted by Gasteiger charge is -2.30. The Hall–Kier alpha value is -1.21. The predicted octanol–water partition coefficient (Wildman–Crippen LogP) is 2.57. The van der Waals surface area contributed by atoms with Crippen LogP contribution in [-0.2, 0) is 9.59 Å². The van der Waals surface area contributed by atoms with Crippen LogP contribution in [0.15, 0.2) is 27.1 Å². The summed E-state index contributed by atoms with van der Waals surface area (Å²) in [6.07, 6.45) is 0.991. The summed E-state index contributed by atoms with van der Waals surface area (Å²) in [5.41, 5.74) is -0.593. The van der Waals surface area contributed by atoms with Crippen molar-refractivity contribution >= 4 is 55.4 Å². The second-order valence-corrected chi connectivity index (χ2v) is 6.35. The molecule has 1 saturated heterocycles. The second kappa shape index (κ2) is 4.14. The molecule has 5 nitrogen and oxygen atoms in total. The van der Waals surface area contributed by atoms with E-state index in [1.807, 2.05) is 0 Å². The molecule has 4 amide bonds. The van der Waals surface area contributed by atoms with Crippen LogP contribution in [0.5, 0.6) is 0 Å². The lowest BCUT2D eigenvalue weighted by atomic mass is 10.0. The number of rotatable bonds is 1. The minimum Gasteiger partial charge on any atom is -0.276 e. The number of imide groups is 2. The van der Waals surface area contributed by atoms with E-state index >= 15 is 0 Å². The Morgan fingerprint density at radius 2 is 1.84 bits per heavy atom. The van der Waals surface area contributed by atoms with Crippen LogP contribution >= 0.6 is 31.9 Å². The van der Waals surface area contributed by atoms with E-state index in [0.717, 1.165) is 9.37 Å². The van der Waals surface area contributed by atoms with Crippen LogP contribution in [0, 0.1) is 5.41 Å². The van der Waals surface area contributed by atoms with Crippen LogP contribution in [0.3, 0.4) is 0 Å². The second-order valence-electron chi connectivity index (χ2n) is 4.58. The van der Waals surface area contributed by atoms with Gasteiger partial charge in [0.2, 0.25) is 5.91 Å². The molecule has 2 aliphatic rings. The smallest absolute Gasteiger partial charge is 0.276 e. The van der Waals surface area contributed by atoms with Crippen LogP contribution in [-0.4, -0.2) is 17.8 Å². The number of amides is 4. The van der Waals surface area contributed by atoms with Gasteiger partial charge in [-0.1, -0.05) is 15.9 Å². The summed E-state index contributed by atoms with van der Waals surface area (Å²) in [7, 11) is 0. The topological polar surface area (TPSA) is 66.5 Å². The summed E-state index contributed by atoms with van der Waals surface area (Å²) >= 11 is 6.63. The number of barbiturate groups is 1. The van der Waals surface area contributed by atoms with Gasteiger partial charge in [-0.05, 0) is 47.0 Å². The van der Waals surface area contributed by atoms with Gasteiger partial charge in [0.05, 0.1) is 5.69 Å². The zero-order valence-corrected chi connectivity index (χ0v) is 12.7. The molecule has 1 aromatic carbocycles. The lowest BCUT2D eigenvalue weighted by Crippen LogP contribution is -2.59. The van der Waals surface area contributed by atoms with Gasteiger partial charge in [0.25, 0.3) is 5.91 Å². The molecule has 98 valence electrons. The van der Waals surface area contributed by atoms with Gasteiger partial charge >= 0.3 is 6.03 Å². The molecular weight excluding hydrogens is 380 g/mol. The Bertz CT molecular complexity index is 625. The van der Waals surface area contributed by atoms with Crippen molar-refractivity contribution in [2.75, 3.05) is 4.90 Å². The molecule has 1 saturated carbocycles. The predicted molar refractivity (Wildman–Crippen MR) is 74.5 cm³/mol. The first-order valence-electron chi connectivity index (χ1n) is 5.61. The van der Waals surface area contributed by atoms with Gasteiger partial charge < -0.3 is 0 Å². The van der Waals surface area contributed by atoms with Gasteiger partial charge in [0.15, 0.2) is 0 Å². The molecule has 1 aliphatic carbocycles. The van der Waals surface area contributed by atoms with E-state index in [0.29, 0.717) is 23.0 Å². The highest BCUT2D eigenvalue weighted by Gasteiger charge is 2.62. The van der Waals surface area contributed by atoms with Gasteiger partial charge in [-0.2, -0.15) is 0 Å². The minimum atomic E-state index is -1.03. The van der Waals surface area contributed by atoms with Crippen LogP contribution in [0.1, 0.15) is 12.8 Å². The van der Waals surface area contributed by atoms with Gasteiger partial charge in [-0.3, -0.25) is 14.9 Å². The molecule has 1 heterocycles. The van der Waals surface area contributed by atoms with Crippen LogP contribution in [0.2, 0.25) is 0 Å². The van der Waals surface area contributed by atoms with Crippen molar-refractivity contribution in [3.63, 3.8) is 0 Å². The lowest BCUT2D eigenvalue weighted by molar-refractivity contribution is -0.136. The first-order chi connectivity index (χ1) is 8.95. The zero-order chi connectivity index (χ0) is 13.8. The van der Waals surface area contributed by atoms with Gasteiger partial charge in [-0.25, -0.2) is 9.69 Å². The number of carbonyl (C=O) groups is 3. The van der Waals surface area contributed by atoms with Gasteiger partial charge in [0.1, 0.15) is 5.41 Å². The van der Waals surface area contributed by atoms with Crippen LogP contribution in [0.4, 0.5) is 10.5 Å². The third-order valence-electron chi connectivity index (χ3n) is 3.37. The van der Waals surface area contributed by atoms with Crippen molar-refractivity contribution in [2.45, 2.75) is 12.8 Å². The number of urea groups is 1. The maximum absolute atomic E-state index is 12.4. The fraction of sp³-hybridized carbons (Fsp3) is 0.250. The normalized spacial score (nSPS) is 20.7. The molecule has 2 fully saturated rings. The molecule has 19 heavy (non-hydrogen) atoms. The van der Waals surface area contributed by atoms with Crippen molar-refractivity contribution in [1.82, 2.24) is 5.32 Å². The Morgan fingerprint density at radius 3 is 2.42 bits per heavy atom. The molecule has 1 N–H and O–H groups in total. The van der Waals surface area contributed by atoms with Crippen molar-refractivity contribution in [1.29, 1.82) is 0 Å². The summed E-state index contributed by atoms with van der Waals surface area (Å²) < 4.78 is 1.43. The molecule has 3 rings (SSSR count). The molecule has 1 spiro atoms. The third kappa shape index (κ3) is 1.83. The van der Waals surface area contributed by atoms with Crippen molar-refractivity contribution in [3.05, 3.63) is 27.1 Å². The number of nitrogens with one attached hydrogen (secondary N) is 1. The Labute approximate surface area is 125 Å². The molecule has 0 atom stereocenters. The fourth-order valence-electron chi connectivity index (χ4n) is 2.12. The van der Waals surface area contributed by atoms with E-state index < -0.39 is 23.3 Å². The number of hydrogen-bond acceptors (Lipinski definition) is 3. The molecule has 7 heteroatoms. The molecule has 1 aromatic rings. The van der Waals surface area contributed by atoms with E-state index in [1.54, 1.807) is 18.2 Å². The average Bonchev–Trinajstić information content (AvgIpc) is 3.11.